The molecule has 2 rings (SSSR count). The fourth-order valence-electron chi connectivity index (χ4n) is 2.72. The van der Waals surface area contributed by atoms with Gasteiger partial charge in [0.15, 0.2) is 4.77 Å². The Hall–Kier alpha value is -1.09. The minimum atomic E-state index is 0.834. The highest BCUT2D eigenvalue weighted by Gasteiger charge is 2.05. The number of benzene rings is 1. The number of hydrogen-bond acceptors (Lipinski definition) is 1. The van der Waals surface area contributed by atoms with Gasteiger partial charge in [0.2, 0.25) is 0 Å². The summed E-state index contributed by atoms with van der Waals surface area (Å²) in [5.74, 6) is 0.834. The Morgan fingerprint density at radius 3 is 2.65 bits per heavy atom. The van der Waals surface area contributed by atoms with Crippen LogP contribution in [-0.2, 0) is 6.54 Å². The van der Waals surface area contributed by atoms with E-state index in [9.17, 15) is 0 Å². The highest BCUT2D eigenvalue weighted by molar-refractivity contribution is 7.71. The van der Waals surface area contributed by atoms with E-state index in [2.05, 4.69) is 48.5 Å². The van der Waals surface area contributed by atoms with Crippen molar-refractivity contribution in [3.8, 4) is 0 Å². The Labute approximate surface area is 127 Å². The van der Waals surface area contributed by atoms with Crippen LogP contribution in [0.5, 0.6) is 0 Å². The van der Waals surface area contributed by atoms with E-state index in [0.717, 1.165) is 17.2 Å². The van der Waals surface area contributed by atoms with Crippen LogP contribution in [0.2, 0.25) is 0 Å². The molecule has 1 aromatic carbocycles. The molecule has 0 aliphatic carbocycles. The molecular formula is C17H26N2S. The van der Waals surface area contributed by atoms with Crippen molar-refractivity contribution in [3.05, 3.63) is 28.5 Å². The van der Waals surface area contributed by atoms with E-state index in [0.29, 0.717) is 0 Å². The van der Waals surface area contributed by atoms with Gasteiger partial charge in [-0.25, -0.2) is 0 Å². The van der Waals surface area contributed by atoms with Gasteiger partial charge in [-0.1, -0.05) is 51.7 Å². The number of unbranched alkanes of at least 4 members (excludes halogenated alkanes) is 3. The Balaban J connectivity index is 1.92. The molecule has 1 aromatic heterocycles. The predicted octanol–water partition coefficient (Wildman–Crippen LogP) is 5.61. The molecular weight excluding hydrogens is 264 g/mol. The maximum absolute atomic E-state index is 5.46. The van der Waals surface area contributed by atoms with E-state index in [-0.39, 0.29) is 0 Å². The number of nitrogens with one attached hydrogen (secondary N) is 1. The molecule has 3 heteroatoms. The van der Waals surface area contributed by atoms with Gasteiger partial charge < -0.3 is 9.55 Å². The summed E-state index contributed by atoms with van der Waals surface area (Å²) < 4.78 is 3.11. The van der Waals surface area contributed by atoms with Gasteiger partial charge in [-0.05, 0) is 43.1 Å². The van der Waals surface area contributed by atoms with Gasteiger partial charge in [-0.2, -0.15) is 0 Å². The SMILES string of the molecule is Cc1cccc2c1[nH]c(=S)n2CCCCCCC(C)C. The van der Waals surface area contributed by atoms with Crippen LogP contribution in [0.3, 0.4) is 0 Å². The number of hydrogen-bond donors (Lipinski definition) is 1. The van der Waals surface area contributed by atoms with E-state index < -0.39 is 0 Å². The average molecular weight is 290 g/mol. The largest absolute Gasteiger partial charge is 0.330 e. The minimum absolute atomic E-state index is 0.834. The second-order valence-electron chi connectivity index (χ2n) is 6.15. The number of aromatic amines is 1. The summed E-state index contributed by atoms with van der Waals surface area (Å²) in [5, 5.41) is 0. The lowest BCUT2D eigenvalue weighted by Crippen LogP contribution is -1.98. The van der Waals surface area contributed by atoms with E-state index >= 15 is 0 Å². The van der Waals surface area contributed by atoms with Gasteiger partial charge in [-0.3, -0.25) is 0 Å². The number of aromatic nitrogens is 2. The Morgan fingerprint density at radius 1 is 1.15 bits per heavy atom. The normalized spacial score (nSPS) is 11.6. The van der Waals surface area contributed by atoms with Gasteiger partial charge >= 0.3 is 0 Å². The summed E-state index contributed by atoms with van der Waals surface area (Å²) in [6.07, 6.45) is 6.56. The molecule has 2 nitrogen and oxygen atoms in total. The molecule has 0 radical (unpaired) electrons. The van der Waals surface area contributed by atoms with Gasteiger partial charge in [0.25, 0.3) is 0 Å². The number of aryl methyl sites for hydroxylation is 2. The van der Waals surface area contributed by atoms with E-state index in [1.165, 1.54) is 48.7 Å². The molecule has 0 fully saturated rings. The summed E-state index contributed by atoms with van der Waals surface area (Å²) >= 11 is 5.46. The van der Waals surface area contributed by atoms with Crippen molar-refractivity contribution >= 4 is 23.3 Å². The molecule has 0 bridgehead atoms. The van der Waals surface area contributed by atoms with Gasteiger partial charge in [0.1, 0.15) is 0 Å². The molecule has 0 saturated carbocycles. The summed E-state index contributed by atoms with van der Waals surface area (Å²) in [5.41, 5.74) is 3.71. The molecule has 0 atom stereocenters. The quantitative estimate of drug-likeness (QED) is 0.519. The van der Waals surface area contributed by atoms with Crippen LogP contribution < -0.4 is 0 Å². The molecule has 0 aliphatic rings. The summed E-state index contributed by atoms with van der Waals surface area (Å²) in [4.78, 5) is 3.34. The molecule has 1 heterocycles. The standard InChI is InChI=1S/C17H26N2S/c1-13(2)9-6-4-5-7-12-19-15-11-8-10-14(3)16(15)18-17(19)20/h8,10-11,13H,4-7,9,12H2,1-3H3,(H,18,20). The van der Waals surface area contributed by atoms with Crippen LogP contribution in [0.15, 0.2) is 18.2 Å². The molecule has 1 N–H and O–H groups in total. The fraction of sp³-hybridized carbons (Fsp3) is 0.588. The van der Waals surface area contributed by atoms with Crippen molar-refractivity contribution in [3.63, 3.8) is 0 Å². The first-order chi connectivity index (χ1) is 9.59. The second-order valence-corrected chi connectivity index (χ2v) is 6.53. The highest BCUT2D eigenvalue weighted by Crippen LogP contribution is 2.19. The third-order valence-corrected chi connectivity index (χ3v) is 4.25. The zero-order valence-electron chi connectivity index (χ0n) is 12.9. The second kappa shape index (κ2) is 7.07. The lowest BCUT2D eigenvalue weighted by Gasteiger charge is -2.06. The number of H-pyrrole nitrogens is 1. The molecule has 0 saturated heterocycles. The number of para-hydroxylation sites is 1. The van der Waals surface area contributed by atoms with Crippen molar-refractivity contribution in [1.82, 2.24) is 9.55 Å². The smallest absolute Gasteiger partial charge is 0.178 e. The van der Waals surface area contributed by atoms with Crippen molar-refractivity contribution in [2.24, 2.45) is 5.92 Å². The minimum Gasteiger partial charge on any atom is -0.330 e. The lowest BCUT2D eigenvalue weighted by atomic mass is 10.0. The van der Waals surface area contributed by atoms with Crippen molar-refractivity contribution in [1.29, 1.82) is 0 Å². The number of imidazole rings is 1. The monoisotopic (exact) mass is 290 g/mol. The topological polar surface area (TPSA) is 20.7 Å². The lowest BCUT2D eigenvalue weighted by molar-refractivity contribution is 0.507. The molecule has 20 heavy (non-hydrogen) atoms. The van der Waals surface area contributed by atoms with Crippen LogP contribution >= 0.6 is 12.2 Å². The Kier molecular flexibility index (Phi) is 5.41. The van der Waals surface area contributed by atoms with Crippen molar-refractivity contribution < 1.29 is 0 Å². The zero-order chi connectivity index (χ0) is 14.5. The van der Waals surface area contributed by atoms with Crippen LogP contribution in [0.1, 0.15) is 51.5 Å². The van der Waals surface area contributed by atoms with Crippen LogP contribution in [0, 0.1) is 17.6 Å². The van der Waals surface area contributed by atoms with Gasteiger partial charge in [0, 0.05) is 6.54 Å². The van der Waals surface area contributed by atoms with Crippen LogP contribution in [-0.4, -0.2) is 9.55 Å². The molecule has 0 aliphatic heterocycles. The zero-order valence-corrected chi connectivity index (χ0v) is 13.7. The summed E-state index contributed by atoms with van der Waals surface area (Å²) in [7, 11) is 0. The average Bonchev–Trinajstić information content (AvgIpc) is 2.71. The maximum Gasteiger partial charge on any atom is 0.178 e. The Bertz CT molecular complexity index is 607. The number of fused-ring (bicyclic) bond motifs is 1. The Morgan fingerprint density at radius 2 is 1.90 bits per heavy atom. The summed E-state index contributed by atoms with van der Waals surface area (Å²) in [6.45, 7) is 7.76. The first-order valence-corrected chi connectivity index (χ1v) is 8.18. The molecule has 0 unspecified atom stereocenters. The van der Waals surface area contributed by atoms with E-state index in [1.54, 1.807) is 0 Å². The first-order valence-electron chi connectivity index (χ1n) is 7.77. The fourth-order valence-corrected chi connectivity index (χ4v) is 3.01. The van der Waals surface area contributed by atoms with Gasteiger partial charge in [-0.15, -0.1) is 0 Å². The third-order valence-electron chi connectivity index (χ3n) is 3.93. The first kappa shape index (κ1) is 15.3. The van der Waals surface area contributed by atoms with E-state index in [1.807, 2.05) is 0 Å². The maximum atomic E-state index is 5.46. The number of nitrogens with zero attached hydrogens (tertiary/aromatic N) is 1. The van der Waals surface area contributed by atoms with Gasteiger partial charge in [0.05, 0.1) is 11.0 Å². The van der Waals surface area contributed by atoms with Crippen LogP contribution in [0.25, 0.3) is 11.0 Å². The summed E-state index contributed by atoms with van der Waals surface area (Å²) in [6, 6.07) is 6.40. The number of rotatable bonds is 7. The van der Waals surface area contributed by atoms with E-state index in [4.69, 9.17) is 12.2 Å². The molecule has 0 spiro atoms. The molecule has 110 valence electrons. The molecule has 2 aromatic rings. The van der Waals surface area contributed by atoms with Crippen molar-refractivity contribution in [2.75, 3.05) is 0 Å². The third kappa shape index (κ3) is 3.72. The van der Waals surface area contributed by atoms with Crippen molar-refractivity contribution in [2.45, 2.75) is 59.4 Å². The predicted molar refractivity (Wildman–Crippen MR) is 89.8 cm³/mol. The highest BCUT2D eigenvalue weighted by atomic mass is 32.1. The van der Waals surface area contributed by atoms with Crippen LogP contribution in [0.4, 0.5) is 0 Å². The molecule has 0 amide bonds.